The van der Waals surface area contributed by atoms with Gasteiger partial charge in [-0.2, -0.15) is 18.2 Å². The number of rotatable bonds is 4. The summed E-state index contributed by atoms with van der Waals surface area (Å²) in [5.74, 6) is 0.468. The Morgan fingerprint density at radius 2 is 1.81 bits per heavy atom. The van der Waals surface area contributed by atoms with E-state index in [-0.39, 0.29) is 30.1 Å². The minimum absolute atomic E-state index is 0.0417. The highest BCUT2D eigenvalue weighted by molar-refractivity contribution is 6.28. The molecule has 1 amide bonds. The van der Waals surface area contributed by atoms with Gasteiger partial charge >= 0.3 is 12.3 Å². The van der Waals surface area contributed by atoms with Gasteiger partial charge in [-0.3, -0.25) is 0 Å². The first-order valence-electron chi connectivity index (χ1n) is 11.2. The molecule has 36 heavy (non-hydrogen) atoms. The second-order valence-corrected chi connectivity index (χ2v) is 9.76. The molecule has 0 bridgehead atoms. The number of amides is 1. The quantitative estimate of drug-likeness (QED) is 0.425. The maximum atomic E-state index is 13.0. The van der Waals surface area contributed by atoms with Crippen LogP contribution >= 0.6 is 11.6 Å². The van der Waals surface area contributed by atoms with Gasteiger partial charge in [-0.15, -0.1) is 0 Å². The normalized spacial score (nSPS) is 13.9. The molecule has 2 aromatic heterocycles. The van der Waals surface area contributed by atoms with E-state index < -0.39 is 23.6 Å². The highest BCUT2D eigenvalue weighted by Crippen LogP contribution is 2.31. The fourth-order valence-electron chi connectivity index (χ4n) is 3.73. The van der Waals surface area contributed by atoms with Crippen molar-refractivity contribution in [3.8, 4) is 17.3 Å². The second kappa shape index (κ2) is 9.61. The Labute approximate surface area is 211 Å². The number of hydrogen-bond donors (Lipinski definition) is 0. The zero-order valence-corrected chi connectivity index (χ0v) is 20.9. The lowest BCUT2D eigenvalue weighted by atomic mass is 10.1. The molecule has 12 heteroatoms. The number of imidazole rings is 1. The van der Waals surface area contributed by atoms with E-state index in [2.05, 4.69) is 15.0 Å². The van der Waals surface area contributed by atoms with Crippen LogP contribution in [0.15, 0.2) is 30.5 Å². The highest BCUT2D eigenvalue weighted by Gasteiger charge is 2.34. The fourth-order valence-corrected chi connectivity index (χ4v) is 3.91. The van der Waals surface area contributed by atoms with E-state index >= 15 is 0 Å². The Morgan fingerprint density at radius 3 is 2.42 bits per heavy atom. The van der Waals surface area contributed by atoms with Gasteiger partial charge < -0.3 is 18.9 Å². The lowest BCUT2D eigenvalue weighted by Crippen LogP contribution is -2.40. The van der Waals surface area contributed by atoms with Crippen molar-refractivity contribution in [2.75, 3.05) is 6.54 Å². The molecule has 1 aromatic carbocycles. The summed E-state index contributed by atoms with van der Waals surface area (Å²) in [4.78, 5) is 26.3. The van der Waals surface area contributed by atoms with E-state index in [1.807, 2.05) is 0 Å². The number of alkyl halides is 3. The van der Waals surface area contributed by atoms with Crippen LogP contribution in [0.4, 0.5) is 18.0 Å². The number of ether oxygens (including phenoxy) is 2. The van der Waals surface area contributed by atoms with Crippen LogP contribution in [0.25, 0.3) is 11.4 Å². The topological polar surface area (TPSA) is 82.4 Å². The molecule has 3 heterocycles. The van der Waals surface area contributed by atoms with Crippen LogP contribution in [0.3, 0.4) is 0 Å². The maximum Gasteiger partial charge on any atom is 0.434 e. The molecule has 1 aliphatic rings. The lowest BCUT2D eigenvalue weighted by molar-refractivity contribution is -0.140. The summed E-state index contributed by atoms with van der Waals surface area (Å²) >= 11 is 6.09. The predicted octanol–water partition coefficient (Wildman–Crippen LogP) is 5.42. The summed E-state index contributed by atoms with van der Waals surface area (Å²) in [5.41, 5.74) is 1.08. The summed E-state index contributed by atoms with van der Waals surface area (Å²) in [5, 5.41) is 0.0417. The number of aryl methyl sites for hydroxylation is 1. The van der Waals surface area contributed by atoms with Gasteiger partial charge in [0.25, 0.3) is 0 Å². The fraction of sp³-hybridized carbons (Fsp3) is 0.417. The third-order valence-corrected chi connectivity index (χ3v) is 5.57. The Bertz CT molecular complexity index is 1270. The number of aromatic nitrogens is 4. The molecule has 0 N–H and O–H groups in total. The molecular weight excluding hydrogens is 499 g/mol. The molecule has 3 aromatic rings. The average Bonchev–Trinajstić information content (AvgIpc) is 3.18. The molecule has 192 valence electrons. The Kier molecular flexibility index (Phi) is 6.87. The third-order valence-electron chi connectivity index (χ3n) is 5.40. The van der Waals surface area contributed by atoms with Crippen LogP contribution in [-0.2, 0) is 37.5 Å². The molecule has 0 spiro atoms. The van der Waals surface area contributed by atoms with E-state index in [1.54, 1.807) is 49.9 Å². The number of hydrogen-bond acceptors (Lipinski definition) is 6. The summed E-state index contributed by atoms with van der Waals surface area (Å²) in [6.07, 6.45) is -3.52. The molecule has 0 radical (unpaired) electrons. The zero-order chi connectivity index (χ0) is 26.3. The van der Waals surface area contributed by atoms with Gasteiger partial charge in [-0.25, -0.2) is 14.8 Å². The molecule has 0 atom stereocenters. The Balaban J connectivity index is 1.48. The van der Waals surface area contributed by atoms with Crippen molar-refractivity contribution < 1.29 is 27.4 Å². The molecule has 1 aliphatic heterocycles. The van der Waals surface area contributed by atoms with Crippen LogP contribution in [0.1, 0.15) is 43.3 Å². The largest absolute Gasteiger partial charge is 0.472 e. The van der Waals surface area contributed by atoms with E-state index in [0.717, 1.165) is 11.8 Å². The van der Waals surface area contributed by atoms with Gasteiger partial charge in [-0.1, -0.05) is 24.3 Å². The molecule has 0 saturated carbocycles. The molecule has 0 fully saturated rings. The van der Waals surface area contributed by atoms with Crippen molar-refractivity contribution in [3.63, 3.8) is 0 Å². The van der Waals surface area contributed by atoms with Crippen molar-refractivity contribution in [2.24, 2.45) is 7.05 Å². The predicted molar refractivity (Wildman–Crippen MR) is 125 cm³/mol. The number of benzene rings is 1. The minimum atomic E-state index is -4.51. The van der Waals surface area contributed by atoms with Crippen molar-refractivity contribution in [1.29, 1.82) is 0 Å². The Morgan fingerprint density at radius 1 is 1.11 bits per heavy atom. The van der Waals surface area contributed by atoms with Crippen LogP contribution in [0.5, 0.6) is 5.88 Å². The SMILES string of the molecule is Cn1cc(C(F)(F)F)nc1-c1ccc(COc2nc(Cl)nc3c2CN(C(=O)OC(C)(C)C)CC3)cc1. The number of halogens is 4. The van der Waals surface area contributed by atoms with E-state index in [1.165, 1.54) is 11.6 Å². The number of carbonyl (C=O) groups excluding carboxylic acids is 1. The number of carbonyl (C=O) groups is 1. The van der Waals surface area contributed by atoms with Crippen molar-refractivity contribution in [2.45, 2.75) is 52.1 Å². The molecule has 4 rings (SSSR count). The van der Waals surface area contributed by atoms with E-state index in [9.17, 15) is 18.0 Å². The van der Waals surface area contributed by atoms with Gasteiger partial charge in [-0.05, 0) is 37.9 Å². The first-order valence-corrected chi connectivity index (χ1v) is 11.5. The minimum Gasteiger partial charge on any atom is -0.472 e. The summed E-state index contributed by atoms with van der Waals surface area (Å²) < 4.78 is 51.7. The van der Waals surface area contributed by atoms with Crippen LogP contribution in [-0.4, -0.2) is 42.7 Å². The maximum absolute atomic E-state index is 13.0. The van der Waals surface area contributed by atoms with Gasteiger partial charge in [0.1, 0.15) is 18.0 Å². The van der Waals surface area contributed by atoms with Gasteiger partial charge in [0, 0.05) is 31.8 Å². The van der Waals surface area contributed by atoms with Gasteiger partial charge in [0.15, 0.2) is 5.69 Å². The third kappa shape index (κ3) is 5.89. The van der Waals surface area contributed by atoms with Crippen LogP contribution in [0.2, 0.25) is 5.28 Å². The second-order valence-electron chi connectivity index (χ2n) is 9.42. The molecule has 0 unspecified atom stereocenters. The summed E-state index contributed by atoms with van der Waals surface area (Å²) in [6.45, 7) is 6.18. The van der Waals surface area contributed by atoms with Gasteiger partial charge in [0.05, 0.1) is 17.8 Å². The van der Waals surface area contributed by atoms with Crippen molar-refractivity contribution >= 4 is 17.7 Å². The summed E-state index contributed by atoms with van der Waals surface area (Å²) in [7, 11) is 1.51. The molecule has 8 nitrogen and oxygen atoms in total. The number of nitrogens with zero attached hydrogens (tertiary/aromatic N) is 5. The van der Waals surface area contributed by atoms with Crippen molar-refractivity contribution in [3.05, 3.63) is 58.3 Å². The number of fused-ring (bicyclic) bond motifs is 1. The molecule has 0 saturated heterocycles. The van der Waals surface area contributed by atoms with Crippen molar-refractivity contribution in [1.82, 2.24) is 24.4 Å². The Hall–Kier alpha value is -3.34. The smallest absolute Gasteiger partial charge is 0.434 e. The molecule has 0 aliphatic carbocycles. The zero-order valence-electron chi connectivity index (χ0n) is 20.2. The van der Waals surface area contributed by atoms with Crippen LogP contribution < -0.4 is 4.74 Å². The highest BCUT2D eigenvalue weighted by atomic mass is 35.5. The monoisotopic (exact) mass is 523 g/mol. The van der Waals surface area contributed by atoms with E-state index in [4.69, 9.17) is 21.1 Å². The molecular formula is C24H25ClF3N5O3. The average molecular weight is 524 g/mol. The first-order chi connectivity index (χ1) is 16.8. The summed E-state index contributed by atoms with van der Waals surface area (Å²) in [6, 6.07) is 6.82. The van der Waals surface area contributed by atoms with Gasteiger partial charge in [0.2, 0.25) is 11.2 Å². The van der Waals surface area contributed by atoms with Crippen LogP contribution in [0, 0.1) is 0 Å². The van der Waals surface area contributed by atoms with E-state index in [0.29, 0.717) is 29.8 Å². The lowest BCUT2D eigenvalue weighted by Gasteiger charge is -2.31. The standard InChI is InChI=1S/C24H25ClF3N5O3/c1-23(2,3)36-22(34)33-10-9-17-16(11-33)20(31-21(25)29-17)35-13-14-5-7-15(8-6-14)19-30-18(12-32(19)4)24(26,27)28/h5-8,12H,9-11,13H2,1-4H3. The first kappa shape index (κ1) is 25.7.